The van der Waals surface area contributed by atoms with E-state index in [1.54, 1.807) is 10.9 Å². The zero-order valence-electron chi connectivity index (χ0n) is 11.4. The Morgan fingerprint density at radius 1 is 1.33 bits per heavy atom. The maximum atomic E-state index is 13.3. The van der Waals surface area contributed by atoms with Gasteiger partial charge in [0.2, 0.25) is 0 Å². The molecule has 21 heavy (non-hydrogen) atoms. The molecule has 114 valence electrons. The van der Waals surface area contributed by atoms with Crippen LogP contribution < -0.4 is 5.73 Å². The normalized spacial score (nSPS) is 13.4. The third-order valence-corrected chi connectivity index (χ3v) is 3.12. The van der Waals surface area contributed by atoms with Crippen LogP contribution in [0.2, 0.25) is 0 Å². The van der Waals surface area contributed by atoms with Gasteiger partial charge in [-0.25, -0.2) is 4.39 Å². The quantitative estimate of drug-likeness (QED) is 0.878. The van der Waals surface area contributed by atoms with E-state index in [2.05, 4.69) is 5.10 Å². The highest BCUT2D eigenvalue weighted by Crippen LogP contribution is 2.36. The van der Waals surface area contributed by atoms with E-state index >= 15 is 0 Å². The number of aromatic nitrogens is 2. The summed E-state index contributed by atoms with van der Waals surface area (Å²) in [5.74, 6) is -0.755. The number of alkyl halides is 3. The Morgan fingerprint density at radius 2 is 2.05 bits per heavy atom. The average molecular weight is 301 g/mol. The molecule has 0 radical (unpaired) electrons. The average Bonchev–Trinajstić information content (AvgIpc) is 2.85. The highest BCUT2D eigenvalue weighted by molar-refractivity contribution is 5.37. The van der Waals surface area contributed by atoms with Gasteiger partial charge in [-0.1, -0.05) is 6.92 Å². The second kappa shape index (κ2) is 5.85. The molecule has 3 nitrogen and oxygen atoms in total. The molecule has 2 N–H and O–H groups in total. The molecule has 0 aliphatic rings. The van der Waals surface area contributed by atoms with Crippen molar-refractivity contribution in [2.24, 2.45) is 5.73 Å². The fourth-order valence-corrected chi connectivity index (χ4v) is 2.12. The number of nitrogens with zero attached hydrogens (tertiary/aromatic N) is 2. The van der Waals surface area contributed by atoms with Gasteiger partial charge in [-0.05, 0) is 30.2 Å². The molecule has 0 saturated carbocycles. The van der Waals surface area contributed by atoms with E-state index in [-0.39, 0.29) is 5.56 Å². The smallest absolute Gasteiger partial charge is 0.320 e. The molecule has 7 heteroatoms. The second-order valence-electron chi connectivity index (χ2n) is 4.74. The molecule has 0 aliphatic heterocycles. The SMILES string of the molecule is CCCn1cc(C(N)c2cc(F)ccc2C(F)(F)F)cn1. The van der Waals surface area contributed by atoms with E-state index in [9.17, 15) is 17.6 Å². The zero-order chi connectivity index (χ0) is 15.6. The second-order valence-corrected chi connectivity index (χ2v) is 4.74. The third kappa shape index (κ3) is 3.41. The number of aryl methyl sites for hydroxylation is 1. The summed E-state index contributed by atoms with van der Waals surface area (Å²) in [5, 5.41) is 4.03. The maximum absolute atomic E-state index is 13.3. The van der Waals surface area contributed by atoms with Crippen molar-refractivity contribution < 1.29 is 17.6 Å². The van der Waals surface area contributed by atoms with Gasteiger partial charge in [0.15, 0.2) is 0 Å². The number of benzene rings is 1. The van der Waals surface area contributed by atoms with Crippen molar-refractivity contribution in [2.45, 2.75) is 32.1 Å². The first kappa shape index (κ1) is 15.5. The number of nitrogens with two attached hydrogens (primary N) is 1. The van der Waals surface area contributed by atoms with E-state index in [0.29, 0.717) is 18.2 Å². The summed E-state index contributed by atoms with van der Waals surface area (Å²) < 4.78 is 53.8. The van der Waals surface area contributed by atoms with Gasteiger partial charge in [0, 0.05) is 18.3 Å². The van der Waals surface area contributed by atoms with Gasteiger partial charge in [-0.3, -0.25) is 4.68 Å². The molecule has 0 saturated heterocycles. The van der Waals surface area contributed by atoms with E-state index in [0.717, 1.165) is 18.6 Å². The van der Waals surface area contributed by atoms with E-state index in [1.165, 1.54) is 6.20 Å². The van der Waals surface area contributed by atoms with Gasteiger partial charge in [0.25, 0.3) is 0 Å². The van der Waals surface area contributed by atoms with Gasteiger partial charge < -0.3 is 5.73 Å². The Balaban J connectivity index is 2.41. The van der Waals surface area contributed by atoms with Crippen LogP contribution in [0.5, 0.6) is 0 Å². The van der Waals surface area contributed by atoms with Crippen LogP contribution in [-0.2, 0) is 12.7 Å². The molecular formula is C14H15F4N3. The van der Waals surface area contributed by atoms with Crippen molar-refractivity contribution in [2.75, 3.05) is 0 Å². The van der Waals surface area contributed by atoms with Crippen LogP contribution in [0.3, 0.4) is 0 Å². The van der Waals surface area contributed by atoms with Crippen molar-refractivity contribution in [3.63, 3.8) is 0 Å². The van der Waals surface area contributed by atoms with E-state index in [1.807, 2.05) is 6.92 Å². The maximum Gasteiger partial charge on any atom is 0.416 e. The van der Waals surface area contributed by atoms with Crippen LogP contribution in [0.1, 0.15) is 36.1 Å². The summed E-state index contributed by atoms with van der Waals surface area (Å²) in [6.07, 6.45) is -0.755. The molecule has 2 rings (SSSR count). The Labute approximate surface area is 119 Å². The molecule has 1 heterocycles. The molecule has 2 aromatic rings. The fraction of sp³-hybridized carbons (Fsp3) is 0.357. The highest BCUT2D eigenvalue weighted by atomic mass is 19.4. The minimum absolute atomic E-state index is 0.293. The molecule has 0 fully saturated rings. The lowest BCUT2D eigenvalue weighted by Crippen LogP contribution is -2.18. The Kier molecular flexibility index (Phi) is 4.32. The van der Waals surface area contributed by atoms with Gasteiger partial charge >= 0.3 is 6.18 Å². The number of rotatable bonds is 4. The van der Waals surface area contributed by atoms with Crippen LogP contribution in [0, 0.1) is 5.82 Å². The first-order valence-electron chi connectivity index (χ1n) is 6.47. The van der Waals surface area contributed by atoms with Gasteiger partial charge in [0.05, 0.1) is 17.8 Å². The third-order valence-electron chi connectivity index (χ3n) is 3.12. The molecule has 0 bridgehead atoms. The predicted octanol–water partition coefficient (Wildman–Crippen LogP) is 3.50. The number of halogens is 4. The van der Waals surface area contributed by atoms with Crippen LogP contribution in [-0.4, -0.2) is 9.78 Å². The molecule has 0 aliphatic carbocycles. The largest absolute Gasteiger partial charge is 0.416 e. The van der Waals surface area contributed by atoms with E-state index in [4.69, 9.17) is 5.73 Å². The predicted molar refractivity (Wildman–Crippen MR) is 70.0 cm³/mol. The lowest BCUT2D eigenvalue weighted by Gasteiger charge is -2.17. The van der Waals surface area contributed by atoms with Crippen LogP contribution >= 0.6 is 0 Å². The summed E-state index contributed by atoms with van der Waals surface area (Å²) in [5.41, 5.74) is 5.06. The van der Waals surface area contributed by atoms with Crippen LogP contribution in [0.25, 0.3) is 0 Å². The minimum atomic E-state index is -4.58. The molecule has 1 aromatic heterocycles. The van der Waals surface area contributed by atoms with Crippen LogP contribution in [0.15, 0.2) is 30.6 Å². The summed E-state index contributed by atoms with van der Waals surface area (Å²) >= 11 is 0. The molecule has 1 unspecified atom stereocenters. The Morgan fingerprint density at radius 3 is 2.67 bits per heavy atom. The lowest BCUT2D eigenvalue weighted by atomic mass is 9.96. The van der Waals surface area contributed by atoms with Crippen LogP contribution in [0.4, 0.5) is 17.6 Å². The summed E-state index contributed by atoms with van der Waals surface area (Å²) in [4.78, 5) is 0. The standard InChI is InChI=1S/C14H15F4N3/c1-2-5-21-8-9(7-20-21)13(19)11-6-10(15)3-4-12(11)14(16,17)18/h3-4,6-8,13H,2,5,19H2,1H3. The van der Waals surface area contributed by atoms with E-state index < -0.39 is 23.6 Å². The Bertz CT molecular complexity index is 619. The highest BCUT2D eigenvalue weighted by Gasteiger charge is 2.35. The zero-order valence-corrected chi connectivity index (χ0v) is 11.4. The number of hydrogen-bond acceptors (Lipinski definition) is 2. The summed E-state index contributed by atoms with van der Waals surface area (Å²) in [6, 6.07) is 1.23. The summed E-state index contributed by atoms with van der Waals surface area (Å²) in [7, 11) is 0. The van der Waals surface area contributed by atoms with Gasteiger partial charge in [-0.2, -0.15) is 18.3 Å². The van der Waals surface area contributed by atoms with Crippen molar-refractivity contribution >= 4 is 0 Å². The van der Waals surface area contributed by atoms with Gasteiger partial charge in [-0.15, -0.1) is 0 Å². The monoisotopic (exact) mass is 301 g/mol. The molecule has 0 amide bonds. The topological polar surface area (TPSA) is 43.8 Å². The molecule has 1 aromatic carbocycles. The fourth-order valence-electron chi connectivity index (χ4n) is 2.12. The molecule has 1 atom stereocenters. The summed E-state index contributed by atoms with van der Waals surface area (Å²) in [6.45, 7) is 2.59. The number of hydrogen-bond donors (Lipinski definition) is 1. The molecular weight excluding hydrogens is 286 g/mol. The molecule has 0 spiro atoms. The van der Waals surface area contributed by atoms with Crippen molar-refractivity contribution in [3.05, 3.63) is 53.1 Å². The first-order valence-corrected chi connectivity index (χ1v) is 6.47. The van der Waals surface area contributed by atoms with Crippen molar-refractivity contribution in [1.82, 2.24) is 9.78 Å². The minimum Gasteiger partial charge on any atom is -0.320 e. The first-order chi connectivity index (χ1) is 9.82. The van der Waals surface area contributed by atoms with Gasteiger partial charge in [0.1, 0.15) is 5.82 Å². The van der Waals surface area contributed by atoms with Crippen molar-refractivity contribution in [3.8, 4) is 0 Å². The van der Waals surface area contributed by atoms with Crippen molar-refractivity contribution in [1.29, 1.82) is 0 Å². The lowest BCUT2D eigenvalue weighted by molar-refractivity contribution is -0.138. The Hall–Kier alpha value is -1.89.